The second-order valence-corrected chi connectivity index (χ2v) is 5.14. The highest BCUT2D eigenvalue weighted by atomic mass is 32.1. The van der Waals surface area contributed by atoms with Crippen LogP contribution >= 0.6 is 11.3 Å². The molecule has 0 bridgehead atoms. The molecular formula is C13H8FN3O2S. The van der Waals surface area contributed by atoms with Crippen molar-refractivity contribution in [3.05, 3.63) is 66.6 Å². The minimum atomic E-state index is -0.469. The number of rotatable bonds is 1. The molecule has 0 saturated carbocycles. The fourth-order valence-electron chi connectivity index (χ4n) is 1.72. The largest absolute Gasteiger partial charge is 0.295 e. The maximum absolute atomic E-state index is 13.6. The van der Waals surface area contributed by atoms with Crippen molar-refractivity contribution in [3.63, 3.8) is 0 Å². The Balaban J connectivity index is 2.34. The molecule has 0 spiro atoms. The molecule has 100 valence electrons. The SMILES string of the molecule is Cc1nn2c(=O)/c(=C\c3ccccc3F)sc2nc1=O. The van der Waals surface area contributed by atoms with Gasteiger partial charge in [0, 0.05) is 5.56 Å². The lowest BCUT2D eigenvalue weighted by molar-refractivity contribution is 0.625. The molecule has 7 heteroatoms. The second-order valence-electron chi connectivity index (χ2n) is 4.13. The third-order valence-electron chi connectivity index (χ3n) is 2.73. The van der Waals surface area contributed by atoms with E-state index < -0.39 is 16.9 Å². The molecule has 0 aliphatic heterocycles. The third-order valence-corrected chi connectivity index (χ3v) is 3.69. The number of benzene rings is 1. The minimum absolute atomic E-state index is 0.148. The predicted octanol–water partition coefficient (Wildman–Crippen LogP) is 0.506. The van der Waals surface area contributed by atoms with Gasteiger partial charge in [-0.1, -0.05) is 29.5 Å². The summed E-state index contributed by atoms with van der Waals surface area (Å²) in [4.78, 5) is 27.5. The molecule has 0 N–H and O–H groups in total. The van der Waals surface area contributed by atoms with Gasteiger partial charge in [-0.25, -0.2) is 4.39 Å². The molecule has 1 aromatic carbocycles. The summed E-state index contributed by atoms with van der Waals surface area (Å²) in [6.45, 7) is 1.49. The molecule has 0 unspecified atom stereocenters. The summed E-state index contributed by atoms with van der Waals surface area (Å²) in [5, 5.41) is 3.89. The van der Waals surface area contributed by atoms with Gasteiger partial charge in [-0.15, -0.1) is 0 Å². The Bertz CT molecular complexity index is 977. The van der Waals surface area contributed by atoms with Crippen LogP contribution in [0.4, 0.5) is 4.39 Å². The van der Waals surface area contributed by atoms with Gasteiger partial charge < -0.3 is 0 Å². The smallest absolute Gasteiger partial charge is 0.266 e. The third kappa shape index (κ3) is 2.01. The molecule has 0 amide bonds. The Kier molecular flexibility index (Phi) is 2.90. The van der Waals surface area contributed by atoms with Crippen LogP contribution in [0.3, 0.4) is 0 Å². The highest BCUT2D eigenvalue weighted by Gasteiger charge is 2.08. The molecule has 3 aromatic rings. The number of hydrogen-bond acceptors (Lipinski definition) is 5. The number of thiazole rings is 1. The standard InChI is InChI=1S/C13H8FN3O2S/c1-7-11(18)15-13-17(16-7)12(19)10(20-13)6-8-4-2-3-5-9(8)14/h2-6H,1H3/b10-6+. The Labute approximate surface area is 115 Å². The van der Waals surface area contributed by atoms with Gasteiger partial charge in [-0.2, -0.15) is 14.6 Å². The van der Waals surface area contributed by atoms with E-state index >= 15 is 0 Å². The summed E-state index contributed by atoms with van der Waals surface area (Å²) < 4.78 is 14.9. The van der Waals surface area contributed by atoms with E-state index in [0.29, 0.717) is 5.56 Å². The van der Waals surface area contributed by atoms with E-state index in [1.807, 2.05) is 0 Å². The first-order valence-corrected chi connectivity index (χ1v) is 6.54. The number of aryl methyl sites for hydroxylation is 1. The number of halogens is 1. The monoisotopic (exact) mass is 289 g/mol. The first-order valence-electron chi connectivity index (χ1n) is 5.73. The van der Waals surface area contributed by atoms with Crippen molar-refractivity contribution in [3.8, 4) is 0 Å². The molecule has 0 saturated heterocycles. The maximum Gasteiger partial charge on any atom is 0.295 e. The molecule has 0 aliphatic rings. The van der Waals surface area contributed by atoms with E-state index in [2.05, 4.69) is 10.1 Å². The highest BCUT2D eigenvalue weighted by Crippen LogP contribution is 2.07. The Hall–Kier alpha value is -2.41. The molecule has 0 radical (unpaired) electrons. The maximum atomic E-state index is 13.6. The van der Waals surface area contributed by atoms with Crippen molar-refractivity contribution in [2.24, 2.45) is 0 Å². The van der Waals surface area contributed by atoms with Gasteiger partial charge in [0.1, 0.15) is 11.5 Å². The molecule has 0 atom stereocenters. The zero-order valence-electron chi connectivity index (χ0n) is 10.3. The molecule has 2 heterocycles. The Morgan fingerprint density at radius 2 is 2.05 bits per heavy atom. The topological polar surface area (TPSA) is 64.3 Å². The van der Waals surface area contributed by atoms with Gasteiger partial charge >= 0.3 is 0 Å². The van der Waals surface area contributed by atoms with Crippen molar-refractivity contribution in [2.75, 3.05) is 0 Å². The lowest BCUT2D eigenvalue weighted by Crippen LogP contribution is -2.27. The summed E-state index contributed by atoms with van der Waals surface area (Å²) in [5.74, 6) is -0.420. The number of hydrogen-bond donors (Lipinski definition) is 0. The minimum Gasteiger partial charge on any atom is -0.266 e. The van der Waals surface area contributed by atoms with Gasteiger partial charge in [0.25, 0.3) is 11.1 Å². The molecule has 20 heavy (non-hydrogen) atoms. The van der Waals surface area contributed by atoms with Crippen LogP contribution in [0.2, 0.25) is 0 Å². The van der Waals surface area contributed by atoms with Gasteiger partial charge in [-0.05, 0) is 19.1 Å². The quantitative estimate of drug-likeness (QED) is 0.654. The summed E-state index contributed by atoms with van der Waals surface area (Å²) in [7, 11) is 0. The van der Waals surface area contributed by atoms with E-state index in [0.717, 1.165) is 15.9 Å². The van der Waals surface area contributed by atoms with Crippen LogP contribution in [0.25, 0.3) is 11.0 Å². The average Bonchev–Trinajstić information content (AvgIpc) is 2.70. The number of aromatic nitrogens is 3. The molecule has 2 aromatic heterocycles. The van der Waals surface area contributed by atoms with Gasteiger partial charge in [0.15, 0.2) is 0 Å². The van der Waals surface area contributed by atoms with Crippen LogP contribution in [-0.2, 0) is 0 Å². The Morgan fingerprint density at radius 3 is 2.80 bits per heavy atom. The van der Waals surface area contributed by atoms with Crippen LogP contribution in [-0.4, -0.2) is 14.6 Å². The summed E-state index contributed by atoms with van der Waals surface area (Å²) in [6, 6.07) is 6.12. The van der Waals surface area contributed by atoms with Crippen LogP contribution in [0.1, 0.15) is 11.3 Å². The first kappa shape index (κ1) is 12.6. The van der Waals surface area contributed by atoms with Crippen molar-refractivity contribution in [1.82, 2.24) is 14.6 Å². The molecule has 3 rings (SSSR count). The van der Waals surface area contributed by atoms with Gasteiger partial charge in [0.2, 0.25) is 4.96 Å². The molecule has 0 fully saturated rings. The van der Waals surface area contributed by atoms with Crippen molar-refractivity contribution < 1.29 is 4.39 Å². The van der Waals surface area contributed by atoms with Gasteiger partial charge in [-0.3, -0.25) is 9.59 Å². The lowest BCUT2D eigenvalue weighted by atomic mass is 10.2. The summed E-state index contributed by atoms with van der Waals surface area (Å²) in [6.07, 6.45) is 1.43. The zero-order valence-corrected chi connectivity index (χ0v) is 11.1. The van der Waals surface area contributed by atoms with E-state index in [1.165, 1.54) is 19.1 Å². The Morgan fingerprint density at radius 1 is 1.30 bits per heavy atom. The average molecular weight is 289 g/mol. The van der Waals surface area contributed by atoms with E-state index in [-0.39, 0.29) is 15.2 Å². The van der Waals surface area contributed by atoms with Gasteiger partial charge in [0.05, 0.1) is 4.53 Å². The normalized spacial score (nSPS) is 12.2. The van der Waals surface area contributed by atoms with E-state index in [1.54, 1.807) is 18.2 Å². The van der Waals surface area contributed by atoms with E-state index in [4.69, 9.17) is 0 Å². The van der Waals surface area contributed by atoms with Crippen LogP contribution < -0.4 is 15.7 Å². The van der Waals surface area contributed by atoms with Crippen molar-refractivity contribution in [1.29, 1.82) is 0 Å². The van der Waals surface area contributed by atoms with Crippen LogP contribution in [0.15, 0.2) is 33.9 Å². The second kappa shape index (κ2) is 4.61. The molecular weight excluding hydrogens is 281 g/mol. The molecule has 0 aliphatic carbocycles. The zero-order chi connectivity index (χ0) is 14.3. The van der Waals surface area contributed by atoms with Crippen molar-refractivity contribution >= 4 is 22.4 Å². The lowest BCUT2D eigenvalue weighted by Gasteiger charge is -1.92. The predicted molar refractivity (Wildman–Crippen MR) is 73.3 cm³/mol. The molecule has 5 nitrogen and oxygen atoms in total. The number of fused-ring (bicyclic) bond motifs is 1. The van der Waals surface area contributed by atoms with Crippen molar-refractivity contribution in [2.45, 2.75) is 6.92 Å². The summed E-state index contributed by atoms with van der Waals surface area (Å²) >= 11 is 1.00. The first-order chi connectivity index (χ1) is 9.56. The highest BCUT2D eigenvalue weighted by molar-refractivity contribution is 7.15. The fraction of sp³-hybridized carbons (Fsp3) is 0.0769. The van der Waals surface area contributed by atoms with Crippen LogP contribution in [0, 0.1) is 12.7 Å². The fourth-order valence-corrected chi connectivity index (χ4v) is 2.62. The van der Waals surface area contributed by atoms with E-state index in [9.17, 15) is 14.0 Å². The summed E-state index contributed by atoms with van der Waals surface area (Å²) in [5.41, 5.74) is -0.432. The van der Waals surface area contributed by atoms with Crippen LogP contribution in [0.5, 0.6) is 0 Å². The number of nitrogens with zero attached hydrogens (tertiary/aromatic N) is 3.